The smallest absolute Gasteiger partial charge is 0.0232 e. The molecule has 0 bridgehead atoms. The molecular formula is C17H26. The van der Waals surface area contributed by atoms with Gasteiger partial charge in [0.1, 0.15) is 0 Å². The molecule has 0 N–H and O–H groups in total. The van der Waals surface area contributed by atoms with Gasteiger partial charge in [0.05, 0.1) is 0 Å². The molecule has 0 heterocycles. The summed E-state index contributed by atoms with van der Waals surface area (Å²) in [4.78, 5) is 0. The molecule has 7 atom stereocenters. The van der Waals surface area contributed by atoms with Crippen LogP contribution in [0.3, 0.4) is 0 Å². The molecule has 94 valence electrons. The third-order valence-electron chi connectivity index (χ3n) is 8.55. The lowest BCUT2D eigenvalue weighted by molar-refractivity contribution is -0.297. The zero-order chi connectivity index (χ0) is 11.3. The van der Waals surface area contributed by atoms with Crippen molar-refractivity contribution in [1.29, 1.82) is 0 Å². The molecule has 5 saturated carbocycles. The van der Waals surface area contributed by atoms with Gasteiger partial charge in [0.25, 0.3) is 0 Å². The standard InChI is InChI=1S/C17H26/c1-2-11-5-7-16(11)10-17-8-6-12(17)9-15(17)13-3-4-14(13)16/h11-15H,2-10H2,1H3. The van der Waals surface area contributed by atoms with Gasteiger partial charge >= 0.3 is 0 Å². The maximum Gasteiger partial charge on any atom is -0.0232 e. The van der Waals surface area contributed by atoms with E-state index in [-0.39, 0.29) is 0 Å². The number of fused-ring (bicyclic) bond motifs is 3. The fourth-order valence-electron chi connectivity index (χ4n) is 7.42. The van der Waals surface area contributed by atoms with E-state index in [2.05, 4.69) is 6.92 Å². The summed E-state index contributed by atoms with van der Waals surface area (Å²) in [7, 11) is 0. The fourth-order valence-corrected chi connectivity index (χ4v) is 7.42. The van der Waals surface area contributed by atoms with Gasteiger partial charge in [-0.15, -0.1) is 0 Å². The Kier molecular flexibility index (Phi) is 1.61. The molecule has 7 unspecified atom stereocenters. The summed E-state index contributed by atoms with van der Waals surface area (Å²) in [6.45, 7) is 2.46. The maximum absolute atomic E-state index is 2.46. The van der Waals surface area contributed by atoms with Gasteiger partial charge in [-0.2, -0.15) is 0 Å². The van der Waals surface area contributed by atoms with Crippen molar-refractivity contribution in [2.75, 3.05) is 0 Å². The van der Waals surface area contributed by atoms with Crippen LogP contribution < -0.4 is 0 Å². The number of rotatable bonds is 1. The quantitative estimate of drug-likeness (QED) is 0.615. The second-order valence-corrected chi connectivity index (χ2v) is 8.21. The molecule has 17 heavy (non-hydrogen) atoms. The summed E-state index contributed by atoms with van der Waals surface area (Å²) < 4.78 is 0. The third-order valence-corrected chi connectivity index (χ3v) is 8.55. The van der Waals surface area contributed by atoms with Crippen molar-refractivity contribution in [2.24, 2.45) is 40.4 Å². The highest BCUT2D eigenvalue weighted by Gasteiger charge is 2.73. The maximum atomic E-state index is 2.46. The van der Waals surface area contributed by atoms with Gasteiger partial charge in [0.2, 0.25) is 0 Å². The molecule has 5 fully saturated rings. The van der Waals surface area contributed by atoms with Crippen molar-refractivity contribution in [3.05, 3.63) is 0 Å². The Hall–Kier alpha value is 0. The van der Waals surface area contributed by atoms with Crippen LogP contribution >= 0.6 is 0 Å². The Morgan fingerprint density at radius 2 is 1.82 bits per heavy atom. The molecule has 0 aromatic rings. The predicted octanol–water partition coefficient (Wildman–Crippen LogP) is 4.64. The molecule has 0 nitrogen and oxygen atoms in total. The van der Waals surface area contributed by atoms with E-state index in [1.54, 1.807) is 51.4 Å². The molecule has 0 aromatic heterocycles. The normalized spacial score (nSPS) is 66.5. The summed E-state index contributed by atoms with van der Waals surface area (Å²) in [5, 5.41) is 0. The summed E-state index contributed by atoms with van der Waals surface area (Å²) in [6.07, 6.45) is 14.5. The van der Waals surface area contributed by atoms with Crippen LogP contribution in [0.2, 0.25) is 0 Å². The van der Waals surface area contributed by atoms with Crippen LogP contribution in [0.1, 0.15) is 64.7 Å². The van der Waals surface area contributed by atoms with Crippen molar-refractivity contribution in [3.63, 3.8) is 0 Å². The highest BCUT2D eigenvalue weighted by Crippen LogP contribution is 2.81. The Morgan fingerprint density at radius 3 is 2.29 bits per heavy atom. The van der Waals surface area contributed by atoms with E-state index in [1.807, 2.05) is 0 Å². The molecule has 0 aromatic carbocycles. The molecule has 5 aliphatic rings. The van der Waals surface area contributed by atoms with Crippen molar-refractivity contribution >= 4 is 0 Å². The molecule has 5 rings (SSSR count). The molecule has 0 amide bonds. The lowest BCUT2D eigenvalue weighted by Gasteiger charge is -2.79. The van der Waals surface area contributed by atoms with E-state index in [4.69, 9.17) is 0 Å². The van der Waals surface area contributed by atoms with Crippen LogP contribution in [-0.2, 0) is 0 Å². The summed E-state index contributed by atoms with van der Waals surface area (Å²) >= 11 is 0. The molecule has 0 aliphatic heterocycles. The predicted molar refractivity (Wildman–Crippen MR) is 69.5 cm³/mol. The summed E-state index contributed by atoms with van der Waals surface area (Å²) in [5.74, 6) is 5.94. The lowest BCUT2D eigenvalue weighted by atomic mass is 9.26. The van der Waals surface area contributed by atoms with Gasteiger partial charge in [0.15, 0.2) is 0 Å². The highest BCUT2D eigenvalue weighted by molar-refractivity contribution is 5.22. The first kappa shape index (κ1) is 9.87. The van der Waals surface area contributed by atoms with Gasteiger partial charge in [0, 0.05) is 0 Å². The molecule has 2 spiro atoms. The van der Waals surface area contributed by atoms with Crippen LogP contribution in [0.15, 0.2) is 0 Å². The van der Waals surface area contributed by atoms with Gasteiger partial charge < -0.3 is 0 Å². The van der Waals surface area contributed by atoms with Crippen LogP contribution in [0, 0.1) is 40.4 Å². The minimum atomic E-state index is 0.882. The molecular weight excluding hydrogens is 204 g/mol. The van der Waals surface area contributed by atoms with E-state index in [9.17, 15) is 0 Å². The molecule has 0 heteroatoms. The first-order valence-electron chi connectivity index (χ1n) is 8.30. The Balaban J connectivity index is 1.54. The zero-order valence-corrected chi connectivity index (χ0v) is 11.3. The third kappa shape index (κ3) is 0.843. The van der Waals surface area contributed by atoms with Crippen LogP contribution in [0.4, 0.5) is 0 Å². The average Bonchev–Trinajstić information content (AvgIpc) is 2.25. The van der Waals surface area contributed by atoms with Gasteiger partial charge in [-0.1, -0.05) is 13.3 Å². The minimum Gasteiger partial charge on any atom is -0.0651 e. The van der Waals surface area contributed by atoms with Crippen molar-refractivity contribution < 1.29 is 0 Å². The fraction of sp³-hybridized carbons (Fsp3) is 1.00. The average molecular weight is 230 g/mol. The van der Waals surface area contributed by atoms with Crippen LogP contribution in [0.5, 0.6) is 0 Å². The van der Waals surface area contributed by atoms with E-state index in [0.29, 0.717) is 0 Å². The first-order valence-corrected chi connectivity index (χ1v) is 8.30. The Morgan fingerprint density at radius 1 is 0.941 bits per heavy atom. The molecule has 0 saturated heterocycles. The molecule has 0 radical (unpaired) electrons. The molecule has 5 aliphatic carbocycles. The monoisotopic (exact) mass is 230 g/mol. The second kappa shape index (κ2) is 2.78. The van der Waals surface area contributed by atoms with Crippen molar-refractivity contribution in [1.82, 2.24) is 0 Å². The van der Waals surface area contributed by atoms with E-state index < -0.39 is 0 Å². The van der Waals surface area contributed by atoms with E-state index >= 15 is 0 Å². The zero-order valence-electron chi connectivity index (χ0n) is 11.3. The van der Waals surface area contributed by atoms with Crippen LogP contribution in [0.25, 0.3) is 0 Å². The Labute approximate surface area is 106 Å². The summed E-state index contributed by atoms with van der Waals surface area (Å²) in [6, 6.07) is 0. The van der Waals surface area contributed by atoms with Gasteiger partial charge in [-0.3, -0.25) is 0 Å². The van der Waals surface area contributed by atoms with E-state index in [0.717, 1.165) is 16.7 Å². The minimum absolute atomic E-state index is 0.882. The Bertz CT molecular complexity index is 370. The second-order valence-electron chi connectivity index (χ2n) is 8.21. The lowest BCUT2D eigenvalue weighted by Crippen LogP contribution is -2.71. The largest absolute Gasteiger partial charge is 0.0651 e. The van der Waals surface area contributed by atoms with Crippen molar-refractivity contribution in [2.45, 2.75) is 64.7 Å². The topological polar surface area (TPSA) is 0 Å². The number of hydrogen-bond donors (Lipinski definition) is 0. The SMILES string of the molecule is CCC1CCC12CC13CCC1CC3C1CCC12. The van der Waals surface area contributed by atoms with Gasteiger partial charge in [-0.05, 0) is 91.8 Å². The van der Waals surface area contributed by atoms with E-state index in [1.165, 1.54) is 30.1 Å². The number of hydrogen-bond acceptors (Lipinski definition) is 0. The summed E-state index contributed by atoms with van der Waals surface area (Å²) in [5.41, 5.74) is 1.81. The van der Waals surface area contributed by atoms with Gasteiger partial charge in [-0.25, -0.2) is 0 Å². The highest BCUT2D eigenvalue weighted by atomic mass is 14.8. The van der Waals surface area contributed by atoms with Crippen LogP contribution in [-0.4, -0.2) is 0 Å². The first-order chi connectivity index (χ1) is 8.30. The van der Waals surface area contributed by atoms with Crippen molar-refractivity contribution in [3.8, 4) is 0 Å².